The van der Waals surface area contributed by atoms with Gasteiger partial charge in [0.05, 0.1) is 56.0 Å². The maximum atomic E-state index is 13.9. The summed E-state index contributed by atoms with van der Waals surface area (Å²) in [5, 5.41) is 4.11. The van der Waals surface area contributed by atoms with Gasteiger partial charge in [-0.25, -0.2) is 30.0 Å². The molecule has 4 unspecified atom stereocenters. The summed E-state index contributed by atoms with van der Waals surface area (Å²) < 4.78 is 9.58. The second kappa shape index (κ2) is 15.6. The lowest BCUT2D eigenvalue weighted by Gasteiger charge is -2.35. The molecule has 4 aliphatic rings. The van der Waals surface area contributed by atoms with E-state index in [2.05, 4.69) is 93.5 Å². The minimum atomic E-state index is -0.717. The predicted molar refractivity (Wildman–Crippen MR) is 216 cm³/mol. The van der Waals surface area contributed by atoms with Crippen molar-refractivity contribution in [3.63, 3.8) is 0 Å². The van der Waals surface area contributed by atoms with E-state index in [-0.39, 0.29) is 65.4 Å². The van der Waals surface area contributed by atoms with Crippen LogP contribution in [0.3, 0.4) is 0 Å². The van der Waals surface area contributed by atoms with Crippen molar-refractivity contribution in [2.75, 3.05) is 14.2 Å². The normalized spacial score (nSPS) is 24.4. The molecule has 1 aliphatic heterocycles. The van der Waals surface area contributed by atoms with Crippen molar-refractivity contribution in [3.05, 3.63) is 96.9 Å². The fourth-order valence-corrected chi connectivity index (χ4v) is 9.30. The molecule has 14 nitrogen and oxygen atoms in total. The summed E-state index contributed by atoms with van der Waals surface area (Å²) in [5.41, 5.74) is 8.38. The Morgan fingerprint density at radius 2 is 1.28 bits per heavy atom. The van der Waals surface area contributed by atoms with Gasteiger partial charge in [0, 0.05) is 17.9 Å². The minimum absolute atomic E-state index is 0.0557. The predicted octanol–water partition coefficient (Wildman–Crippen LogP) is 6.76. The van der Waals surface area contributed by atoms with Crippen LogP contribution in [-0.4, -0.2) is 86.2 Å². The van der Waals surface area contributed by atoms with Crippen LogP contribution in [0.5, 0.6) is 0 Å². The smallest absolute Gasteiger partial charge is 0.425 e. The van der Waals surface area contributed by atoms with E-state index in [9.17, 15) is 19.2 Å². The number of nitrogens with one attached hydrogen (secondary N) is 4. The molecule has 8 rings (SSSR count). The Balaban J connectivity index is 0.955. The number of hydrogen-bond acceptors (Lipinski definition) is 8. The zero-order valence-electron chi connectivity index (χ0n) is 33.5. The number of H-pyrrole nitrogens is 2. The molecule has 2 aromatic heterocycles. The van der Waals surface area contributed by atoms with Crippen molar-refractivity contribution in [2.45, 2.75) is 70.6 Å². The van der Waals surface area contributed by atoms with Gasteiger partial charge in [-0.15, -0.1) is 0 Å². The first-order valence-corrected chi connectivity index (χ1v) is 20.0. The highest BCUT2D eigenvalue weighted by molar-refractivity contribution is 5.87. The molecule has 4 amide bonds. The molecule has 1 saturated heterocycles. The molecular formula is C44H50N8O6. The minimum Gasteiger partial charge on any atom is -0.453 e. The van der Waals surface area contributed by atoms with E-state index >= 15 is 0 Å². The molecule has 8 atom stereocenters. The van der Waals surface area contributed by atoms with E-state index < -0.39 is 18.2 Å². The van der Waals surface area contributed by atoms with Gasteiger partial charge >= 0.3 is 12.2 Å². The summed E-state index contributed by atoms with van der Waals surface area (Å²) in [7, 11) is 2.57. The molecule has 3 aliphatic carbocycles. The maximum Gasteiger partial charge on any atom is 0.425 e. The number of ether oxygens (including phenoxy) is 2. The van der Waals surface area contributed by atoms with E-state index in [1.54, 1.807) is 0 Å². The number of hydrazine groups is 1. The standard InChI is InChI=1S/C44H50N8O6/c1-23(2)37(49-43(55)57-5)42(54)51-32-18-17-31(20-32)38(51)40-46-22-34(48-40)28-13-9-26(10-14-28)25-7-11-27(12-8-25)33-21-45-39(47-33)35-29-15-16-30(19-29)36(35)41(53)52(24(3)4)50-44(56)58-6/h7-18,21-24,29-32,35-38H,19-20H2,1-6H3,(H,45,47)(H,46,48)(H,49,55)(H,50,56)/t29?,30?,31?,32?,35-,36+,37-,38-/m0/s1. The number of carbonyl (C=O) groups excluding carboxylic acids is 4. The lowest BCUT2D eigenvalue weighted by molar-refractivity contribution is -0.142. The lowest BCUT2D eigenvalue weighted by atomic mass is 9.81. The molecule has 2 fully saturated rings. The quantitative estimate of drug-likeness (QED) is 0.101. The molecule has 1 saturated carbocycles. The Kier molecular flexibility index (Phi) is 10.4. The van der Waals surface area contributed by atoms with Gasteiger partial charge < -0.3 is 29.7 Å². The summed E-state index contributed by atoms with van der Waals surface area (Å²) in [6.07, 6.45) is 12.6. The number of fused-ring (bicyclic) bond motifs is 4. The number of amides is 4. The second-order valence-corrected chi connectivity index (χ2v) is 16.3. The van der Waals surface area contributed by atoms with E-state index in [1.807, 2.05) is 45.0 Å². The van der Waals surface area contributed by atoms with Gasteiger partial charge in [-0.3, -0.25) is 9.59 Å². The number of rotatable bonds is 10. The van der Waals surface area contributed by atoms with Crippen LogP contribution in [0.2, 0.25) is 0 Å². The number of nitrogens with zero attached hydrogens (tertiary/aromatic N) is 4. The van der Waals surface area contributed by atoms with Gasteiger partial charge in [0.2, 0.25) is 11.8 Å². The number of aromatic amines is 2. The third-order valence-corrected chi connectivity index (χ3v) is 12.2. The topological polar surface area (TPSA) is 175 Å². The van der Waals surface area contributed by atoms with Crippen molar-refractivity contribution in [2.24, 2.45) is 29.6 Å². The fraction of sp³-hybridized carbons (Fsp3) is 0.409. The van der Waals surface area contributed by atoms with Gasteiger partial charge in [-0.1, -0.05) is 86.7 Å². The van der Waals surface area contributed by atoms with Crippen LogP contribution >= 0.6 is 0 Å². The van der Waals surface area contributed by atoms with Crippen molar-refractivity contribution in [1.29, 1.82) is 0 Å². The summed E-state index contributed by atoms with van der Waals surface area (Å²) in [4.78, 5) is 70.4. The van der Waals surface area contributed by atoms with E-state index in [1.165, 1.54) is 19.2 Å². The molecule has 0 spiro atoms. The Labute approximate surface area is 337 Å². The molecule has 302 valence electrons. The van der Waals surface area contributed by atoms with Gasteiger partial charge in [0.15, 0.2) is 0 Å². The van der Waals surface area contributed by atoms with Gasteiger partial charge in [-0.05, 0) is 66.7 Å². The van der Waals surface area contributed by atoms with Crippen LogP contribution in [0.25, 0.3) is 33.6 Å². The number of likely N-dealkylation sites (tertiary alicyclic amines) is 1. The molecule has 3 heterocycles. The third kappa shape index (κ3) is 7.05. The van der Waals surface area contributed by atoms with Crippen molar-refractivity contribution >= 4 is 24.0 Å². The lowest BCUT2D eigenvalue weighted by Crippen LogP contribution is -2.53. The number of hydrogen-bond donors (Lipinski definition) is 4. The van der Waals surface area contributed by atoms with Crippen LogP contribution in [0.4, 0.5) is 9.59 Å². The number of benzene rings is 2. The zero-order chi connectivity index (χ0) is 40.8. The van der Waals surface area contributed by atoms with Crippen LogP contribution in [0.15, 0.2) is 85.2 Å². The first-order chi connectivity index (χ1) is 27.9. The Hall–Kier alpha value is -6.18. The second-order valence-electron chi connectivity index (χ2n) is 16.3. The van der Waals surface area contributed by atoms with Crippen LogP contribution < -0.4 is 10.7 Å². The highest BCUT2D eigenvalue weighted by Gasteiger charge is 2.52. The van der Waals surface area contributed by atoms with Gasteiger partial charge in [-0.2, -0.15) is 0 Å². The van der Waals surface area contributed by atoms with Crippen LogP contribution in [0, 0.1) is 29.6 Å². The summed E-state index contributed by atoms with van der Waals surface area (Å²) >= 11 is 0. The van der Waals surface area contributed by atoms with E-state index in [0.717, 1.165) is 58.1 Å². The number of allylic oxidation sites excluding steroid dienone is 2. The highest BCUT2D eigenvalue weighted by Crippen LogP contribution is 2.53. The zero-order valence-corrected chi connectivity index (χ0v) is 33.5. The average Bonchev–Trinajstić information content (AvgIpc) is 4.10. The number of aromatic nitrogens is 4. The van der Waals surface area contributed by atoms with Gasteiger partial charge in [0.1, 0.15) is 17.7 Å². The molecule has 4 bridgehead atoms. The Morgan fingerprint density at radius 1 is 0.724 bits per heavy atom. The first-order valence-electron chi connectivity index (χ1n) is 20.0. The average molecular weight is 787 g/mol. The SMILES string of the molecule is COC(=O)N[C@H](C(=O)N1C2C=CC(C2)[C@H]1c1ncc(-c2ccc(-c3ccc(-c4cnc([C@H]5C6C=CC(C6)[C@H]5C(=O)N(NC(=O)OC)C(C)C)[nH]4)cc3)cc2)[nH]1)C(C)C. The Morgan fingerprint density at radius 3 is 1.86 bits per heavy atom. The van der Waals surface area contributed by atoms with E-state index in [0.29, 0.717) is 0 Å². The molecule has 58 heavy (non-hydrogen) atoms. The third-order valence-electron chi connectivity index (χ3n) is 12.2. The van der Waals surface area contributed by atoms with Gasteiger partial charge in [0.25, 0.3) is 0 Å². The first kappa shape index (κ1) is 38.7. The summed E-state index contributed by atoms with van der Waals surface area (Å²) in [5.74, 6) is 0.939. The largest absolute Gasteiger partial charge is 0.453 e. The van der Waals surface area contributed by atoms with E-state index in [4.69, 9.17) is 19.4 Å². The summed E-state index contributed by atoms with van der Waals surface area (Å²) in [6, 6.07) is 15.3. The molecule has 2 aromatic carbocycles. The van der Waals surface area contributed by atoms with Crippen LogP contribution in [0.1, 0.15) is 64.1 Å². The van der Waals surface area contributed by atoms with Crippen molar-refractivity contribution < 1.29 is 28.7 Å². The molecule has 4 N–H and O–H groups in total. The van der Waals surface area contributed by atoms with Crippen LogP contribution in [-0.2, 0) is 19.1 Å². The summed E-state index contributed by atoms with van der Waals surface area (Å²) in [6.45, 7) is 7.54. The molecule has 14 heteroatoms. The molecule has 0 radical (unpaired) electrons. The fourth-order valence-electron chi connectivity index (χ4n) is 9.30. The molecular weight excluding hydrogens is 737 g/mol. The van der Waals surface area contributed by atoms with Crippen molar-refractivity contribution in [1.82, 2.24) is 40.6 Å². The number of alkyl carbamates (subject to hydrolysis) is 1. The maximum absolute atomic E-state index is 13.9. The number of methoxy groups -OCH3 is 2. The monoisotopic (exact) mass is 786 g/mol. The van der Waals surface area contributed by atoms with Crippen molar-refractivity contribution in [3.8, 4) is 33.6 Å². The Bertz CT molecular complexity index is 2080. The number of carbonyl (C=O) groups is 4. The number of imidazole rings is 2. The highest BCUT2D eigenvalue weighted by atomic mass is 16.5. The molecule has 4 aromatic rings.